The number of carbonyl (C=O) groups is 3. The van der Waals surface area contributed by atoms with Gasteiger partial charge in [0.1, 0.15) is 17.3 Å². The van der Waals surface area contributed by atoms with E-state index in [1.165, 1.54) is 6.07 Å². The number of nitrogens with zero attached hydrogens (tertiary/aromatic N) is 1. The van der Waals surface area contributed by atoms with E-state index in [0.717, 1.165) is 5.56 Å². The number of hydrogen-bond donors (Lipinski definition) is 0. The Morgan fingerprint density at radius 3 is 2.15 bits per heavy atom. The summed E-state index contributed by atoms with van der Waals surface area (Å²) in [4.78, 5) is 45.3. The second kappa shape index (κ2) is 8.58. The van der Waals surface area contributed by atoms with Crippen molar-refractivity contribution in [1.82, 2.24) is 0 Å². The quantitative estimate of drug-likeness (QED) is 0.215. The summed E-state index contributed by atoms with van der Waals surface area (Å²) < 4.78 is 15.7. The molecule has 0 amide bonds. The summed E-state index contributed by atoms with van der Waals surface area (Å²) >= 11 is 6.31. The van der Waals surface area contributed by atoms with Crippen molar-refractivity contribution in [2.24, 2.45) is 5.41 Å². The van der Waals surface area contributed by atoms with Crippen molar-refractivity contribution in [1.29, 1.82) is 0 Å². The number of carbonyl (C=O) groups excluding carboxylic acids is 3. The Hall–Kier alpha value is -4.35. The number of benzene rings is 4. The maximum atomic E-state index is 15.7. The van der Waals surface area contributed by atoms with Crippen LogP contribution in [0.2, 0.25) is 5.02 Å². The molecule has 0 aromatic heterocycles. The molecule has 0 N–H and O–H groups in total. The zero-order chi connectivity index (χ0) is 26.9. The van der Waals surface area contributed by atoms with Crippen molar-refractivity contribution in [3.8, 4) is 0 Å². The van der Waals surface area contributed by atoms with Crippen LogP contribution in [0.5, 0.6) is 0 Å². The predicted octanol–water partition coefficient (Wildman–Crippen LogP) is 6.80. The number of rotatable bonds is 3. The molecular formula is C33H21ClFNO3. The number of Topliss-reactive ketones (excluding diaryl/α,β-unsaturated/α-hetero) is 3. The lowest BCUT2D eigenvalue weighted by molar-refractivity contribution is 0.0664. The highest BCUT2D eigenvalue weighted by atomic mass is 35.5. The van der Waals surface area contributed by atoms with Crippen molar-refractivity contribution in [3.05, 3.63) is 142 Å². The van der Waals surface area contributed by atoms with Crippen molar-refractivity contribution in [3.63, 3.8) is 0 Å². The molecule has 1 saturated heterocycles. The van der Waals surface area contributed by atoms with E-state index >= 15 is 4.39 Å². The van der Waals surface area contributed by atoms with Crippen LogP contribution in [-0.2, 0) is 0 Å². The van der Waals surface area contributed by atoms with Gasteiger partial charge in [0.2, 0.25) is 0 Å². The van der Waals surface area contributed by atoms with Crippen LogP contribution >= 0.6 is 11.6 Å². The topological polar surface area (TPSA) is 54.5 Å². The number of fused-ring (bicyclic) bond motifs is 5. The predicted molar refractivity (Wildman–Crippen MR) is 148 cm³/mol. The van der Waals surface area contributed by atoms with Crippen LogP contribution in [0.4, 0.5) is 10.1 Å². The zero-order valence-corrected chi connectivity index (χ0v) is 21.3. The van der Waals surface area contributed by atoms with Crippen LogP contribution in [0.3, 0.4) is 0 Å². The summed E-state index contributed by atoms with van der Waals surface area (Å²) in [6.07, 6.45) is 3.63. The minimum Gasteiger partial charge on any atom is -0.352 e. The van der Waals surface area contributed by atoms with Gasteiger partial charge in [0, 0.05) is 33.3 Å². The Morgan fingerprint density at radius 2 is 1.46 bits per heavy atom. The van der Waals surface area contributed by atoms with Crippen LogP contribution in [-0.4, -0.2) is 29.4 Å². The van der Waals surface area contributed by atoms with Crippen molar-refractivity contribution < 1.29 is 18.8 Å². The molecule has 4 aromatic rings. The second-order valence-electron chi connectivity index (χ2n) is 10.2. The standard InChI is InChI=1S/C33H21ClFNO3/c34-21-15-16-26-20(18-21)14-17-27-33(31(38)22-10-4-5-11-23(22)32(33)39)28(24-12-6-7-13-25(24)35)29(36(26)27)30(37)19-8-2-1-3-9-19/h1-18,27-29H/t27-,28+,29-/m0/s1. The molecule has 39 heavy (non-hydrogen) atoms. The summed E-state index contributed by atoms with van der Waals surface area (Å²) in [5, 5.41) is 0.516. The van der Waals surface area contributed by atoms with E-state index in [2.05, 4.69) is 0 Å². The average Bonchev–Trinajstić information content (AvgIpc) is 3.39. The Morgan fingerprint density at radius 1 is 0.821 bits per heavy atom. The van der Waals surface area contributed by atoms with E-state index in [1.54, 1.807) is 91.0 Å². The molecule has 0 unspecified atom stereocenters. The fraction of sp³-hybridized carbons (Fsp3) is 0.121. The van der Waals surface area contributed by atoms with Crippen molar-refractivity contribution in [2.45, 2.75) is 18.0 Å². The summed E-state index contributed by atoms with van der Waals surface area (Å²) in [7, 11) is 0. The lowest BCUT2D eigenvalue weighted by Crippen LogP contribution is -2.48. The summed E-state index contributed by atoms with van der Waals surface area (Å²) in [5.41, 5.74) is 0.855. The summed E-state index contributed by atoms with van der Waals surface area (Å²) in [6, 6.07) is 25.0. The number of ketones is 3. The molecule has 0 saturated carbocycles. The van der Waals surface area contributed by atoms with E-state index in [0.29, 0.717) is 27.4 Å². The minimum absolute atomic E-state index is 0.166. The third kappa shape index (κ3) is 3.14. The molecule has 0 radical (unpaired) electrons. The van der Waals surface area contributed by atoms with Crippen LogP contribution in [0.1, 0.15) is 48.1 Å². The van der Waals surface area contributed by atoms with Gasteiger partial charge in [-0.2, -0.15) is 0 Å². The van der Waals surface area contributed by atoms with Gasteiger partial charge in [-0.3, -0.25) is 14.4 Å². The smallest absolute Gasteiger partial charge is 0.185 e. The van der Waals surface area contributed by atoms with Gasteiger partial charge in [0.05, 0.1) is 6.04 Å². The Labute approximate surface area is 229 Å². The second-order valence-corrected chi connectivity index (χ2v) is 10.6. The van der Waals surface area contributed by atoms with Gasteiger partial charge in [-0.25, -0.2) is 4.39 Å². The molecule has 2 heterocycles. The van der Waals surface area contributed by atoms with Gasteiger partial charge in [-0.1, -0.05) is 96.5 Å². The fourth-order valence-electron chi connectivity index (χ4n) is 6.79. The molecule has 4 aromatic carbocycles. The highest BCUT2D eigenvalue weighted by molar-refractivity contribution is 6.32. The van der Waals surface area contributed by atoms with Crippen molar-refractivity contribution >= 4 is 40.7 Å². The van der Waals surface area contributed by atoms with Crippen LogP contribution in [0, 0.1) is 11.2 Å². The maximum Gasteiger partial charge on any atom is 0.185 e. The van der Waals surface area contributed by atoms with E-state index in [-0.39, 0.29) is 11.3 Å². The normalized spacial score (nSPS) is 22.1. The molecule has 3 atom stereocenters. The van der Waals surface area contributed by atoms with Gasteiger partial charge in [0.15, 0.2) is 17.3 Å². The van der Waals surface area contributed by atoms with Gasteiger partial charge < -0.3 is 4.90 Å². The average molecular weight is 534 g/mol. The monoisotopic (exact) mass is 533 g/mol. The molecule has 2 aliphatic heterocycles. The molecule has 7 rings (SSSR count). The van der Waals surface area contributed by atoms with E-state index in [4.69, 9.17) is 11.6 Å². The first-order chi connectivity index (χ1) is 18.9. The maximum absolute atomic E-state index is 15.7. The number of hydrogen-bond acceptors (Lipinski definition) is 4. The molecule has 6 heteroatoms. The molecule has 3 aliphatic rings. The third-order valence-electron chi connectivity index (χ3n) is 8.33. The Bertz CT molecular complexity index is 1700. The van der Waals surface area contributed by atoms with E-state index in [9.17, 15) is 14.4 Å². The Kier molecular flexibility index (Phi) is 5.23. The van der Waals surface area contributed by atoms with Gasteiger partial charge in [0.25, 0.3) is 0 Å². The molecular weight excluding hydrogens is 513 g/mol. The highest BCUT2D eigenvalue weighted by Crippen LogP contribution is 2.61. The third-order valence-corrected chi connectivity index (χ3v) is 8.57. The molecule has 1 fully saturated rings. The van der Waals surface area contributed by atoms with E-state index in [1.807, 2.05) is 17.0 Å². The molecule has 190 valence electrons. The molecule has 1 aliphatic carbocycles. The van der Waals surface area contributed by atoms with Crippen LogP contribution in [0.15, 0.2) is 103 Å². The first-order valence-electron chi connectivity index (χ1n) is 12.7. The lowest BCUT2D eigenvalue weighted by atomic mass is 9.64. The minimum atomic E-state index is -1.74. The van der Waals surface area contributed by atoms with Gasteiger partial charge in [-0.15, -0.1) is 0 Å². The van der Waals surface area contributed by atoms with Crippen LogP contribution < -0.4 is 4.90 Å². The van der Waals surface area contributed by atoms with Gasteiger partial charge >= 0.3 is 0 Å². The number of anilines is 1. The van der Waals surface area contributed by atoms with E-state index < -0.39 is 40.8 Å². The molecule has 4 nitrogen and oxygen atoms in total. The highest BCUT2D eigenvalue weighted by Gasteiger charge is 2.71. The number of halogens is 2. The lowest BCUT2D eigenvalue weighted by Gasteiger charge is -2.37. The molecule has 1 spiro atoms. The first-order valence-corrected chi connectivity index (χ1v) is 13.1. The first kappa shape index (κ1) is 23.7. The SMILES string of the molecule is O=C(c1ccccc1)[C@@H]1[C@@H](c2ccccc2F)C2(C(=O)c3ccccc3C2=O)[C@@H]2C=Cc3cc(Cl)ccc3N12. The van der Waals surface area contributed by atoms with Gasteiger partial charge in [-0.05, 0) is 35.4 Å². The fourth-order valence-corrected chi connectivity index (χ4v) is 6.97. The van der Waals surface area contributed by atoms with Crippen LogP contribution in [0.25, 0.3) is 6.08 Å². The summed E-state index contributed by atoms with van der Waals surface area (Å²) in [6.45, 7) is 0. The zero-order valence-electron chi connectivity index (χ0n) is 20.6. The summed E-state index contributed by atoms with van der Waals surface area (Å²) in [5.74, 6) is -2.73. The van der Waals surface area contributed by atoms with Crippen molar-refractivity contribution in [2.75, 3.05) is 4.90 Å². The molecule has 0 bridgehead atoms. The largest absolute Gasteiger partial charge is 0.352 e. The Balaban J connectivity index is 1.57.